The van der Waals surface area contributed by atoms with Crippen LogP contribution in [0.4, 0.5) is 5.69 Å². The molecule has 0 spiro atoms. The van der Waals surface area contributed by atoms with Gasteiger partial charge in [0.25, 0.3) is 0 Å². The van der Waals surface area contributed by atoms with E-state index < -0.39 is 12.1 Å². The van der Waals surface area contributed by atoms with Crippen molar-refractivity contribution in [1.29, 1.82) is 0 Å². The molecule has 11 heteroatoms. The van der Waals surface area contributed by atoms with E-state index in [1.165, 1.54) is 6.92 Å². The van der Waals surface area contributed by atoms with Gasteiger partial charge < -0.3 is 34.3 Å². The summed E-state index contributed by atoms with van der Waals surface area (Å²) >= 11 is 0. The maximum Gasteiger partial charge on any atom is 0.245 e. The molecule has 0 bridgehead atoms. The zero-order chi connectivity index (χ0) is 36.4. The minimum Gasteiger partial charge on any atom is -0.493 e. The number of amides is 2. The lowest BCUT2D eigenvalue weighted by atomic mass is 9.94. The lowest BCUT2D eigenvalue weighted by Crippen LogP contribution is -2.50. The second-order valence-electron chi connectivity index (χ2n) is 13.7. The monoisotopic (exact) mass is 695 g/mol. The Hall–Kier alpha value is -5.06. The van der Waals surface area contributed by atoms with Crippen molar-refractivity contribution < 1.29 is 23.8 Å². The van der Waals surface area contributed by atoms with Crippen molar-refractivity contribution in [3.05, 3.63) is 75.7 Å². The number of carbonyl (C=O) groups excluding carboxylic acids is 2. The van der Waals surface area contributed by atoms with Crippen LogP contribution in [0.1, 0.15) is 81.9 Å². The number of methoxy groups -OCH3 is 3. The summed E-state index contributed by atoms with van der Waals surface area (Å²) in [4.78, 5) is 48.3. The molecule has 2 amide bonds. The molecule has 270 valence electrons. The van der Waals surface area contributed by atoms with Crippen LogP contribution in [0.15, 0.2) is 53.3 Å². The highest BCUT2D eigenvalue weighted by Crippen LogP contribution is 2.50. The average Bonchev–Trinajstić information content (AvgIpc) is 3.29. The number of hydrogen-bond acceptors (Lipinski definition) is 8. The van der Waals surface area contributed by atoms with Gasteiger partial charge in [-0.25, -0.2) is 4.98 Å². The fraction of sp³-hybridized carbons (Fsp3) is 0.450. The Balaban J connectivity index is 1.44. The first-order chi connectivity index (χ1) is 24.6. The van der Waals surface area contributed by atoms with Crippen LogP contribution in [-0.2, 0) is 23.1 Å². The van der Waals surface area contributed by atoms with Crippen molar-refractivity contribution in [3.8, 4) is 28.4 Å². The average molecular weight is 696 g/mol. The number of fused-ring (bicyclic) bond motifs is 4. The van der Waals surface area contributed by atoms with E-state index in [1.54, 1.807) is 33.5 Å². The topological polar surface area (TPSA) is 124 Å². The first-order valence-corrected chi connectivity index (χ1v) is 17.9. The van der Waals surface area contributed by atoms with Gasteiger partial charge in [-0.05, 0) is 85.0 Å². The van der Waals surface area contributed by atoms with Gasteiger partial charge in [-0.1, -0.05) is 38.5 Å². The number of ether oxygens (including phenoxy) is 3. The zero-order valence-corrected chi connectivity index (χ0v) is 30.7. The summed E-state index contributed by atoms with van der Waals surface area (Å²) in [6.45, 7) is 6.19. The van der Waals surface area contributed by atoms with Gasteiger partial charge in [0.15, 0.2) is 11.5 Å². The van der Waals surface area contributed by atoms with Crippen LogP contribution < -0.4 is 30.3 Å². The standard InChI is InChI=1S/C40H49N5O6/c1-8-23(2)36(40(48)45-20-12-11-15-32(45)39-43-29-13-9-10-14-31(29)44(39)4)42-30-19-17-26-27(22-33(30)47)28(41-24(3)46)18-16-25-21-34(49-5)37(50-6)38(51-7)35(25)26/h9-10,13-14,17,19,21-23,28,32,36H,8,11-12,15-16,18,20H2,1-7H3,(H,41,46)(H,42,47)/t23-,28+,32+,36+/m1/s1. The molecule has 1 aliphatic carbocycles. The number of likely N-dealkylation sites (tertiary alicyclic amines) is 1. The van der Waals surface area contributed by atoms with E-state index in [-0.39, 0.29) is 29.2 Å². The zero-order valence-electron chi connectivity index (χ0n) is 30.7. The molecule has 1 aliphatic heterocycles. The molecule has 0 unspecified atom stereocenters. The SMILES string of the molecule is CC[C@@H](C)[C@H](Nc1ccc2c(cc1=O)[C@@H](NC(C)=O)CCc1cc(OC)c(OC)c(OC)c1-2)C(=O)N1CCCC[C@H]1c1nc2ccccc2n1C. The van der Waals surface area contributed by atoms with Crippen molar-refractivity contribution in [3.63, 3.8) is 0 Å². The number of carbonyl (C=O) groups is 2. The van der Waals surface area contributed by atoms with Gasteiger partial charge in [0.05, 0.1) is 50.1 Å². The molecular formula is C40H49N5O6. The molecule has 3 aromatic carbocycles. The maximum atomic E-state index is 14.7. The summed E-state index contributed by atoms with van der Waals surface area (Å²) in [5.74, 6) is 2.00. The number of anilines is 1. The quantitative estimate of drug-likeness (QED) is 0.197. The molecule has 0 saturated carbocycles. The highest BCUT2D eigenvalue weighted by molar-refractivity contribution is 5.87. The fourth-order valence-corrected chi connectivity index (χ4v) is 7.78. The van der Waals surface area contributed by atoms with E-state index >= 15 is 0 Å². The number of imidazole rings is 1. The van der Waals surface area contributed by atoms with Crippen molar-refractivity contribution in [2.45, 2.75) is 77.4 Å². The first kappa shape index (κ1) is 35.8. The number of nitrogens with one attached hydrogen (secondary N) is 2. The minimum absolute atomic E-state index is 0.0476. The fourth-order valence-electron chi connectivity index (χ4n) is 7.78. The molecule has 1 aromatic heterocycles. The van der Waals surface area contributed by atoms with Crippen LogP contribution in [0.5, 0.6) is 17.2 Å². The van der Waals surface area contributed by atoms with Crippen LogP contribution in [0.2, 0.25) is 0 Å². The molecule has 2 N–H and O–H groups in total. The highest BCUT2D eigenvalue weighted by Gasteiger charge is 2.37. The molecule has 1 fully saturated rings. The molecule has 51 heavy (non-hydrogen) atoms. The van der Waals surface area contributed by atoms with Gasteiger partial charge in [0, 0.05) is 26.1 Å². The van der Waals surface area contributed by atoms with E-state index in [1.807, 2.05) is 55.3 Å². The van der Waals surface area contributed by atoms with Crippen LogP contribution in [0, 0.1) is 5.92 Å². The summed E-state index contributed by atoms with van der Waals surface area (Å²) in [7, 11) is 6.72. The Morgan fingerprint density at radius 2 is 1.76 bits per heavy atom. The lowest BCUT2D eigenvalue weighted by molar-refractivity contribution is -0.137. The maximum absolute atomic E-state index is 14.7. The number of aryl methyl sites for hydroxylation is 2. The predicted octanol–water partition coefficient (Wildman–Crippen LogP) is 6.33. The molecule has 6 rings (SSSR count). The second-order valence-corrected chi connectivity index (χ2v) is 13.7. The van der Waals surface area contributed by atoms with Crippen LogP contribution >= 0.6 is 0 Å². The number of rotatable bonds is 10. The van der Waals surface area contributed by atoms with Gasteiger partial charge in [0.1, 0.15) is 11.9 Å². The molecule has 2 heterocycles. The first-order valence-electron chi connectivity index (χ1n) is 17.9. The summed E-state index contributed by atoms with van der Waals surface area (Å²) in [5.41, 5.74) is 5.07. The molecule has 0 radical (unpaired) electrons. The Morgan fingerprint density at radius 3 is 2.45 bits per heavy atom. The Morgan fingerprint density at radius 1 is 1.00 bits per heavy atom. The number of aromatic nitrogens is 2. The Bertz CT molecular complexity index is 2010. The molecule has 4 aromatic rings. The van der Waals surface area contributed by atoms with E-state index in [4.69, 9.17) is 19.2 Å². The number of para-hydroxylation sites is 2. The van der Waals surface area contributed by atoms with Gasteiger partial charge in [-0.2, -0.15) is 0 Å². The van der Waals surface area contributed by atoms with Gasteiger partial charge >= 0.3 is 0 Å². The van der Waals surface area contributed by atoms with E-state index in [9.17, 15) is 14.4 Å². The minimum atomic E-state index is -0.655. The van der Waals surface area contributed by atoms with E-state index in [2.05, 4.69) is 22.1 Å². The Labute approximate surface area is 299 Å². The van der Waals surface area contributed by atoms with Crippen LogP contribution in [0.3, 0.4) is 0 Å². The largest absolute Gasteiger partial charge is 0.493 e. The summed E-state index contributed by atoms with van der Waals surface area (Å²) < 4.78 is 19.4. The molecule has 4 atom stereocenters. The predicted molar refractivity (Wildman–Crippen MR) is 199 cm³/mol. The lowest BCUT2D eigenvalue weighted by Gasteiger charge is -2.39. The van der Waals surface area contributed by atoms with Gasteiger partial charge in [-0.3, -0.25) is 14.4 Å². The van der Waals surface area contributed by atoms with E-state index in [0.29, 0.717) is 47.9 Å². The van der Waals surface area contributed by atoms with Crippen molar-refractivity contribution in [2.24, 2.45) is 13.0 Å². The normalized spacial score (nSPS) is 18.1. The van der Waals surface area contributed by atoms with Gasteiger partial charge in [-0.15, -0.1) is 0 Å². The number of benzene rings is 2. The van der Waals surface area contributed by atoms with Crippen LogP contribution in [0.25, 0.3) is 22.2 Å². The molecule has 1 saturated heterocycles. The van der Waals surface area contributed by atoms with Crippen molar-refractivity contribution in [2.75, 3.05) is 33.2 Å². The smallest absolute Gasteiger partial charge is 0.245 e. The third-order valence-corrected chi connectivity index (χ3v) is 10.6. The third kappa shape index (κ3) is 6.73. The number of piperidine rings is 1. The van der Waals surface area contributed by atoms with Crippen LogP contribution in [-0.4, -0.2) is 60.2 Å². The van der Waals surface area contributed by atoms with Gasteiger partial charge in [0.2, 0.25) is 23.0 Å². The summed E-state index contributed by atoms with van der Waals surface area (Å²) in [6, 6.07) is 13.9. The second kappa shape index (κ2) is 15.0. The highest BCUT2D eigenvalue weighted by atomic mass is 16.5. The van der Waals surface area contributed by atoms with E-state index in [0.717, 1.165) is 59.2 Å². The molecule has 11 nitrogen and oxygen atoms in total. The number of nitrogens with zero attached hydrogens (tertiary/aromatic N) is 3. The van der Waals surface area contributed by atoms with Crippen molar-refractivity contribution in [1.82, 2.24) is 19.8 Å². The molecule has 2 aliphatic rings. The van der Waals surface area contributed by atoms with Crippen molar-refractivity contribution >= 4 is 28.5 Å². The number of hydrogen-bond donors (Lipinski definition) is 2. The molecular weight excluding hydrogens is 646 g/mol. The summed E-state index contributed by atoms with van der Waals surface area (Å²) in [5, 5.41) is 6.48. The third-order valence-electron chi connectivity index (χ3n) is 10.6. The summed E-state index contributed by atoms with van der Waals surface area (Å²) in [6.07, 6.45) is 4.60. The Kier molecular flexibility index (Phi) is 10.5.